The Morgan fingerprint density at radius 2 is 2.45 bits per heavy atom. The molecule has 0 aliphatic carbocycles. The summed E-state index contributed by atoms with van der Waals surface area (Å²) in [7, 11) is 0. The third-order valence-electron chi connectivity index (χ3n) is 1.50. The summed E-state index contributed by atoms with van der Waals surface area (Å²) in [5.41, 5.74) is 4.26. The Morgan fingerprint density at radius 1 is 1.82 bits per heavy atom. The molecule has 0 aliphatic rings. The average Bonchev–Trinajstić information content (AvgIpc) is 2.36. The highest BCUT2D eigenvalue weighted by molar-refractivity contribution is 9.10. The fourth-order valence-electron chi connectivity index (χ4n) is 0.696. The van der Waals surface area contributed by atoms with Gasteiger partial charge in [0.25, 0.3) is 0 Å². The Bertz CT molecular complexity index is 244. The molecule has 0 saturated heterocycles. The van der Waals surface area contributed by atoms with Gasteiger partial charge in [0.1, 0.15) is 17.6 Å². The molecule has 0 saturated carbocycles. The summed E-state index contributed by atoms with van der Waals surface area (Å²) in [6, 6.07) is 1.70. The molecule has 0 aromatic carbocycles. The van der Waals surface area contributed by atoms with Gasteiger partial charge < -0.3 is 15.3 Å². The Kier molecular flexibility index (Phi) is 2.37. The second-order valence-corrected chi connectivity index (χ2v) is 3.52. The van der Waals surface area contributed by atoms with E-state index in [4.69, 9.17) is 10.2 Å². The van der Waals surface area contributed by atoms with Crippen LogP contribution in [0, 0.1) is 0 Å². The molecule has 1 atom stereocenters. The molecule has 1 rings (SSSR count). The minimum Gasteiger partial charge on any atom is -0.465 e. The fourth-order valence-corrected chi connectivity index (χ4v) is 0.997. The van der Waals surface area contributed by atoms with Gasteiger partial charge in [-0.25, -0.2) is 0 Å². The van der Waals surface area contributed by atoms with Crippen molar-refractivity contribution in [2.75, 3.05) is 6.54 Å². The molecule has 3 nitrogen and oxygen atoms in total. The van der Waals surface area contributed by atoms with E-state index >= 15 is 0 Å². The van der Waals surface area contributed by atoms with E-state index < -0.39 is 5.60 Å². The molecule has 4 heteroatoms. The normalized spacial score (nSPS) is 16.4. The predicted molar refractivity (Wildman–Crippen MR) is 45.0 cm³/mol. The number of rotatable bonds is 2. The van der Waals surface area contributed by atoms with Gasteiger partial charge in [0.2, 0.25) is 0 Å². The molecule has 0 aliphatic heterocycles. The van der Waals surface area contributed by atoms with Crippen molar-refractivity contribution in [3.63, 3.8) is 0 Å². The standard InChI is InChI=1S/C7H10BrNO2/c1-7(10,4-9)6-2-5(8)3-11-6/h2-3,10H,4,9H2,1H3. The van der Waals surface area contributed by atoms with Crippen molar-refractivity contribution < 1.29 is 9.52 Å². The predicted octanol–water partition coefficient (Wildman–Crippen LogP) is 1.21. The molecule has 0 radical (unpaired) electrons. The van der Waals surface area contributed by atoms with Gasteiger partial charge in [0.05, 0.1) is 4.47 Å². The van der Waals surface area contributed by atoms with Crippen LogP contribution in [0.5, 0.6) is 0 Å². The number of halogens is 1. The minimum atomic E-state index is -1.06. The third kappa shape index (κ3) is 1.83. The third-order valence-corrected chi connectivity index (χ3v) is 1.91. The molecule has 0 bridgehead atoms. The Balaban J connectivity index is 2.92. The van der Waals surface area contributed by atoms with E-state index in [0.29, 0.717) is 5.76 Å². The van der Waals surface area contributed by atoms with Crippen molar-refractivity contribution >= 4 is 15.9 Å². The first-order chi connectivity index (χ1) is 5.06. The van der Waals surface area contributed by atoms with Crippen LogP contribution in [0.15, 0.2) is 21.2 Å². The Morgan fingerprint density at radius 3 is 2.82 bits per heavy atom. The lowest BCUT2D eigenvalue weighted by atomic mass is 10.1. The molecule has 62 valence electrons. The van der Waals surface area contributed by atoms with Gasteiger partial charge in [0.15, 0.2) is 0 Å². The highest BCUT2D eigenvalue weighted by Crippen LogP contribution is 2.24. The average molecular weight is 220 g/mol. The maximum absolute atomic E-state index is 9.57. The number of aliphatic hydroxyl groups is 1. The van der Waals surface area contributed by atoms with Crippen LogP contribution in [-0.2, 0) is 5.60 Å². The first-order valence-corrected chi connectivity index (χ1v) is 4.02. The van der Waals surface area contributed by atoms with E-state index in [-0.39, 0.29) is 6.54 Å². The van der Waals surface area contributed by atoms with E-state index in [1.165, 1.54) is 6.26 Å². The van der Waals surface area contributed by atoms with E-state index in [1.807, 2.05) is 0 Å². The van der Waals surface area contributed by atoms with Crippen molar-refractivity contribution in [3.8, 4) is 0 Å². The molecule has 1 aromatic rings. The monoisotopic (exact) mass is 219 g/mol. The SMILES string of the molecule is CC(O)(CN)c1cc(Br)co1. The highest BCUT2D eigenvalue weighted by Gasteiger charge is 2.24. The van der Waals surface area contributed by atoms with E-state index in [1.54, 1.807) is 13.0 Å². The Hall–Kier alpha value is -0.320. The Labute approximate surface area is 73.3 Å². The molecule has 1 aromatic heterocycles. The number of nitrogens with two attached hydrogens (primary N) is 1. The first kappa shape index (κ1) is 8.77. The number of hydrogen-bond acceptors (Lipinski definition) is 3. The molecule has 0 amide bonds. The van der Waals surface area contributed by atoms with Gasteiger partial charge in [-0.3, -0.25) is 0 Å². The summed E-state index contributed by atoms with van der Waals surface area (Å²) in [5.74, 6) is 0.479. The van der Waals surface area contributed by atoms with Gasteiger partial charge in [-0.05, 0) is 28.9 Å². The van der Waals surface area contributed by atoms with Crippen LogP contribution in [0.3, 0.4) is 0 Å². The second-order valence-electron chi connectivity index (χ2n) is 2.61. The molecule has 0 fully saturated rings. The zero-order chi connectivity index (χ0) is 8.48. The number of furan rings is 1. The number of hydrogen-bond donors (Lipinski definition) is 2. The highest BCUT2D eigenvalue weighted by atomic mass is 79.9. The van der Waals surface area contributed by atoms with Crippen molar-refractivity contribution in [3.05, 3.63) is 22.6 Å². The molecule has 11 heavy (non-hydrogen) atoms. The van der Waals surface area contributed by atoms with Crippen LogP contribution in [0.2, 0.25) is 0 Å². The van der Waals surface area contributed by atoms with Crippen LogP contribution in [-0.4, -0.2) is 11.7 Å². The van der Waals surface area contributed by atoms with Crippen LogP contribution in [0.25, 0.3) is 0 Å². The zero-order valence-electron chi connectivity index (χ0n) is 6.17. The summed E-state index contributed by atoms with van der Waals surface area (Å²) in [5, 5.41) is 9.57. The fraction of sp³-hybridized carbons (Fsp3) is 0.429. The molecule has 0 spiro atoms. The van der Waals surface area contributed by atoms with Gasteiger partial charge in [-0.15, -0.1) is 0 Å². The van der Waals surface area contributed by atoms with Crippen LogP contribution < -0.4 is 5.73 Å². The van der Waals surface area contributed by atoms with Crippen LogP contribution >= 0.6 is 15.9 Å². The quantitative estimate of drug-likeness (QED) is 0.787. The van der Waals surface area contributed by atoms with Gasteiger partial charge in [0, 0.05) is 6.54 Å². The zero-order valence-corrected chi connectivity index (χ0v) is 7.76. The summed E-state index contributed by atoms with van der Waals surface area (Å²) < 4.78 is 5.85. The summed E-state index contributed by atoms with van der Waals surface area (Å²) in [6.07, 6.45) is 1.51. The maximum Gasteiger partial charge on any atom is 0.137 e. The van der Waals surface area contributed by atoms with Crippen molar-refractivity contribution in [2.45, 2.75) is 12.5 Å². The lowest BCUT2D eigenvalue weighted by Crippen LogP contribution is -2.30. The molecular formula is C7H10BrNO2. The van der Waals surface area contributed by atoms with Gasteiger partial charge in [-0.1, -0.05) is 0 Å². The van der Waals surface area contributed by atoms with Gasteiger partial charge in [-0.2, -0.15) is 0 Å². The molecule has 1 heterocycles. The van der Waals surface area contributed by atoms with Crippen molar-refractivity contribution in [1.82, 2.24) is 0 Å². The van der Waals surface area contributed by atoms with E-state index in [9.17, 15) is 5.11 Å². The lowest BCUT2D eigenvalue weighted by molar-refractivity contribution is 0.0433. The van der Waals surface area contributed by atoms with Crippen LogP contribution in [0.4, 0.5) is 0 Å². The summed E-state index contributed by atoms with van der Waals surface area (Å²) in [4.78, 5) is 0. The molecular weight excluding hydrogens is 210 g/mol. The van der Waals surface area contributed by atoms with Crippen molar-refractivity contribution in [2.24, 2.45) is 5.73 Å². The smallest absolute Gasteiger partial charge is 0.137 e. The van der Waals surface area contributed by atoms with E-state index in [0.717, 1.165) is 4.47 Å². The van der Waals surface area contributed by atoms with Gasteiger partial charge >= 0.3 is 0 Å². The second kappa shape index (κ2) is 2.97. The lowest BCUT2D eigenvalue weighted by Gasteiger charge is -2.17. The molecule has 1 unspecified atom stereocenters. The molecule has 3 N–H and O–H groups in total. The largest absolute Gasteiger partial charge is 0.465 e. The summed E-state index contributed by atoms with van der Waals surface area (Å²) in [6.45, 7) is 1.76. The minimum absolute atomic E-state index is 0.146. The summed E-state index contributed by atoms with van der Waals surface area (Å²) >= 11 is 3.21. The van der Waals surface area contributed by atoms with E-state index in [2.05, 4.69) is 15.9 Å². The first-order valence-electron chi connectivity index (χ1n) is 3.23. The topological polar surface area (TPSA) is 59.4 Å². The van der Waals surface area contributed by atoms with Crippen molar-refractivity contribution in [1.29, 1.82) is 0 Å². The maximum atomic E-state index is 9.57. The van der Waals surface area contributed by atoms with Crippen LogP contribution in [0.1, 0.15) is 12.7 Å².